The lowest BCUT2D eigenvalue weighted by Crippen LogP contribution is -2.47. The molecule has 1 amide bonds. The highest BCUT2D eigenvalue weighted by molar-refractivity contribution is 7.89. The first-order chi connectivity index (χ1) is 11.5. The van der Waals surface area contributed by atoms with E-state index in [0.29, 0.717) is 31.0 Å². The molecule has 132 valence electrons. The number of benzene rings is 1. The Balaban J connectivity index is 1.69. The van der Waals surface area contributed by atoms with Gasteiger partial charge in [-0.1, -0.05) is 11.6 Å². The summed E-state index contributed by atoms with van der Waals surface area (Å²) in [7, 11) is -3.70. The fourth-order valence-electron chi connectivity index (χ4n) is 3.17. The van der Waals surface area contributed by atoms with Gasteiger partial charge in [-0.25, -0.2) is 8.42 Å². The highest BCUT2D eigenvalue weighted by atomic mass is 35.5. The molecule has 0 aliphatic carbocycles. The summed E-state index contributed by atoms with van der Waals surface area (Å²) in [6, 6.07) is 5.36. The number of ether oxygens (including phenoxy) is 1. The molecule has 2 aliphatic rings. The van der Waals surface area contributed by atoms with Gasteiger partial charge in [0.15, 0.2) is 0 Å². The first-order valence-electron chi connectivity index (χ1n) is 8.15. The van der Waals surface area contributed by atoms with Gasteiger partial charge in [-0.15, -0.1) is 0 Å². The van der Waals surface area contributed by atoms with Gasteiger partial charge < -0.3 is 10.1 Å². The van der Waals surface area contributed by atoms with E-state index in [9.17, 15) is 13.2 Å². The Hall–Kier alpha value is -1.15. The van der Waals surface area contributed by atoms with E-state index < -0.39 is 16.1 Å². The average Bonchev–Trinajstić information content (AvgIpc) is 3.24. The maximum atomic E-state index is 12.8. The number of hydrogen-bond donors (Lipinski definition) is 1. The Morgan fingerprint density at radius 3 is 2.67 bits per heavy atom. The summed E-state index contributed by atoms with van der Waals surface area (Å²) in [4.78, 5) is 12.6. The van der Waals surface area contributed by atoms with Crippen LogP contribution in [0.3, 0.4) is 0 Å². The van der Waals surface area contributed by atoms with Crippen LogP contribution in [0.15, 0.2) is 29.2 Å². The minimum Gasteiger partial charge on any atom is -0.376 e. The third-order valence-corrected chi connectivity index (χ3v) is 6.63. The van der Waals surface area contributed by atoms with E-state index >= 15 is 0 Å². The number of nitrogens with one attached hydrogen (secondary N) is 1. The molecule has 0 spiro atoms. The minimum atomic E-state index is -3.70. The summed E-state index contributed by atoms with van der Waals surface area (Å²) >= 11 is 5.82. The van der Waals surface area contributed by atoms with Crippen molar-refractivity contribution >= 4 is 27.5 Å². The fraction of sp³-hybridized carbons (Fsp3) is 0.562. The average molecular weight is 373 g/mol. The Morgan fingerprint density at radius 2 is 2.00 bits per heavy atom. The molecule has 1 aromatic carbocycles. The Kier molecular flexibility index (Phi) is 5.44. The first-order valence-corrected chi connectivity index (χ1v) is 9.97. The zero-order valence-electron chi connectivity index (χ0n) is 13.3. The number of nitrogens with zero attached hydrogens (tertiary/aromatic N) is 1. The smallest absolute Gasteiger partial charge is 0.243 e. The van der Waals surface area contributed by atoms with Gasteiger partial charge in [0, 0.05) is 24.7 Å². The van der Waals surface area contributed by atoms with Crippen molar-refractivity contribution in [3.05, 3.63) is 29.3 Å². The maximum absolute atomic E-state index is 12.8. The normalized spacial score (nSPS) is 25.0. The SMILES string of the molecule is O=C(NC[C@@H]1CCCO1)[C@H]1CCCN1S(=O)(=O)c1ccc(Cl)cc1. The lowest BCUT2D eigenvalue weighted by molar-refractivity contribution is -0.124. The van der Waals surface area contributed by atoms with Gasteiger partial charge >= 0.3 is 0 Å². The second kappa shape index (κ2) is 7.39. The number of carbonyl (C=O) groups excluding carboxylic acids is 1. The number of halogens is 1. The lowest BCUT2D eigenvalue weighted by atomic mass is 10.2. The molecule has 2 saturated heterocycles. The molecule has 24 heavy (non-hydrogen) atoms. The molecule has 0 aromatic heterocycles. The van der Waals surface area contributed by atoms with Crippen LogP contribution in [-0.4, -0.2) is 50.5 Å². The topological polar surface area (TPSA) is 75.7 Å². The first kappa shape index (κ1) is 17.7. The van der Waals surface area contributed by atoms with Crippen LogP contribution in [-0.2, 0) is 19.6 Å². The molecule has 8 heteroatoms. The third kappa shape index (κ3) is 3.74. The van der Waals surface area contributed by atoms with Crippen molar-refractivity contribution in [1.82, 2.24) is 9.62 Å². The summed E-state index contributed by atoms with van der Waals surface area (Å²) in [5, 5.41) is 3.31. The summed E-state index contributed by atoms with van der Waals surface area (Å²) in [6.45, 7) is 1.51. The molecule has 3 rings (SSSR count). The number of amides is 1. The van der Waals surface area contributed by atoms with Crippen LogP contribution in [0.5, 0.6) is 0 Å². The van der Waals surface area contributed by atoms with Gasteiger partial charge in [0.05, 0.1) is 11.0 Å². The van der Waals surface area contributed by atoms with Crippen LogP contribution in [0.2, 0.25) is 5.02 Å². The summed E-state index contributed by atoms with van der Waals surface area (Å²) < 4.78 is 32.4. The zero-order valence-corrected chi connectivity index (χ0v) is 14.9. The molecule has 2 heterocycles. The van der Waals surface area contributed by atoms with Gasteiger partial charge in [-0.2, -0.15) is 4.31 Å². The van der Waals surface area contributed by atoms with Crippen LogP contribution >= 0.6 is 11.6 Å². The van der Waals surface area contributed by atoms with Crippen molar-refractivity contribution in [2.75, 3.05) is 19.7 Å². The molecule has 2 aliphatic heterocycles. The van der Waals surface area contributed by atoms with Gasteiger partial charge in [0.2, 0.25) is 15.9 Å². The Morgan fingerprint density at radius 1 is 1.25 bits per heavy atom. The van der Waals surface area contributed by atoms with E-state index in [1.165, 1.54) is 28.6 Å². The predicted molar refractivity (Wildman–Crippen MR) is 90.3 cm³/mol. The molecule has 2 fully saturated rings. The van der Waals surface area contributed by atoms with Crippen LogP contribution < -0.4 is 5.32 Å². The largest absolute Gasteiger partial charge is 0.376 e. The Bertz CT molecular complexity index is 687. The van der Waals surface area contributed by atoms with Gasteiger partial charge in [0.25, 0.3) is 0 Å². The lowest BCUT2D eigenvalue weighted by Gasteiger charge is -2.24. The molecule has 6 nitrogen and oxygen atoms in total. The number of hydrogen-bond acceptors (Lipinski definition) is 4. The molecular formula is C16H21ClN2O4S. The number of sulfonamides is 1. The van der Waals surface area contributed by atoms with Crippen molar-refractivity contribution in [2.45, 2.75) is 42.7 Å². The van der Waals surface area contributed by atoms with E-state index in [1.807, 2.05) is 0 Å². The molecule has 0 radical (unpaired) electrons. The van der Waals surface area contributed by atoms with Crippen molar-refractivity contribution in [3.8, 4) is 0 Å². The van der Waals surface area contributed by atoms with E-state index in [2.05, 4.69) is 5.32 Å². The summed E-state index contributed by atoms with van der Waals surface area (Å²) in [5.41, 5.74) is 0. The van der Waals surface area contributed by atoms with Crippen molar-refractivity contribution in [1.29, 1.82) is 0 Å². The molecule has 1 N–H and O–H groups in total. The van der Waals surface area contributed by atoms with Crippen LogP contribution in [0, 0.1) is 0 Å². The molecule has 1 aromatic rings. The molecule has 0 saturated carbocycles. The van der Waals surface area contributed by atoms with Gasteiger partial charge in [0.1, 0.15) is 6.04 Å². The third-order valence-electron chi connectivity index (χ3n) is 4.45. The predicted octanol–water partition coefficient (Wildman–Crippen LogP) is 1.79. The highest BCUT2D eigenvalue weighted by Gasteiger charge is 2.39. The standard InChI is InChI=1S/C16H21ClN2O4S/c17-12-5-7-14(8-6-12)24(21,22)19-9-1-4-15(19)16(20)18-11-13-3-2-10-23-13/h5-8,13,15H,1-4,9-11H2,(H,18,20)/t13-,15+/m0/s1. The minimum absolute atomic E-state index is 0.0386. The van der Waals surface area contributed by atoms with Crippen molar-refractivity contribution in [3.63, 3.8) is 0 Å². The number of rotatable bonds is 5. The van der Waals surface area contributed by atoms with E-state index in [0.717, 1.165) is 19.4 Å². The quantitative estimate of drug-likeness (QED) is 0.855. The second-order valence-electron chi connectivity index (χ2n) is 6.11. The van der Waals surface area contributed by atoms with E-state index in [1.54, 1.807) is 0 Å². The number of carbonyl (C=O) groups is 1. The second-order valence-corrected chi connectivity index (χ2v) is 8.43. The molecule has 0 bridgehead atoms. The zero-order chi connectivity index (χ0) is 17.2. The highest BCUT2D eigenvalue weighted by Crippen LogP contribution is 2.27. The fourth-order valence-corrected chi connectivity index (χ4v) is 4.95. The molecule has 2 atom stereocenters. The molecule has 0 unspecified atom stereocenters. The monoisotopic (exact) mass is 372 g/mol. The van der Waals surface area contributed by atoms with E-state index in [4.69, 9.17) is 16.3 Å². The van der Waals surface area contributed by atoms with Crippen molar-refractivity contribution in [2.24, 2.45) is 0 Å². The van der Waals surface area contributed by atoms with Crippen LogP contribution in [0.25, 0.3) is 0 Å². The van der Waals surface area contributed by atoms with Crippen LogP contribution in [0.4, 0.5) is 0 Å². The van der Waals surface area contributed by atoms with Gasteiger partial charge in [-0.3, -0.25) is 4.79 Å². The van der Waals surface area contributed by atoms with Crippen molar-refractivity contribution < 1.29 is 17.9 Å². The van der Waals surface area contributed by atoms with Gasteiger partial charge in [-0.05, 0) is 49.9 Å². The van der Waals surface area contributed by atoms with Crippen LogP contribution in [0.1, 0.15) is 25.7 Å². The maximum Gasteiger partial charge on any atom is 0.243 e. The summed E-state index contributed by atoms with van der Waals surface area (Å²) in [6.07, 6.45) is 3.17. The Labute approximate surface area is 147 Å². The van der Waals surface area contributed by atoms with E-state index in [-0.39, 0.29) is 16.9 Å². The summed E-state index contributed by atoms with van der Waals surface area (Å²) in [5.74, 6) is -0.250. The molecular weight excluding hydrogens is 352 g/mol.